The van der Waals surface area contributed by atoms with Crippen molar-refractivity contribution in [3.8, 4) is 22.8 Å². The van der Waals surface area contributed by atoms with Gasteiger partial charge < -0.3 is 14.8 Å². The van der Waals surface area contributed by atoms with E-state index in [1.807, 2.05) is 58.6 Å². The molecule has 4 aromatic rings. The molecule has 0 saturated heterocycles. The second kappa shape index (κ2) is 8.20. The van der Waals surface area contributed by atoms with E-state index in [1.54, 1.807) is 37.7 Å². The van der Waals surface area contributed by atoms with Crippen LogP contribution in [-0.4, -0.2) is 29.5 Å². The molecule has 6 nitrogen and oxygen atoms in total. The van der Waals surface area contributed by atoms with Gasteiger partial charge in [0.15, 0.2) is 4.96 Å². The van der Waals surface area contributed by atoms with Crippen molar-refractivity contribution >= 4 is 34.0 Å². The second-order valence-corrected chi connectivity index (χ2v) is 7.14. The van der Waals surface area contributed by atoms with Gasteiger partial charge in [-0.2, -0.15) is 0 Å². The highest BCUT2D eigenvalue weighted by Crippen LogP contribution is 2.24. The van der Waals surface area contributed by atoms with Crippen LogP contribution in [0.1, 0.15) is 5.56 Å². The Bertz CT molecular complexity index is 1120. The molecule has 2 aromatic heterocycles. The minimum absolute atomic E-state index is 0.220. The molecule has 0 saturated carbocycles. The number of aromatic nitrogens is 2. The first-order valence-electron chi connectivity index (χ1n) is 8.89. The van der Waals surface area contributed by atoms with Gasteiger partial charge in [-0.15, -0.1) is 11.3 Å². The lowest BCUT2D eigenvalue weighted by molar-refractivity contribution is -0.111. The van der Waals surface area contributed by atoms with Crippen LogP contribution in [0, 0.1) is 0 Å². The average molecular weight is 405 g/mol. The third-order valence-corrected chi connectivity index (χ3v) is 5.11. The summed E-state index contributed by atoms with van der Waals surface area (Å²) >= 11 is 1.59. The zero-order valence-corrected chi connectivity index (χ0v) is 16.8. The first-order chi connectivity index (χ1) is 14.1. The van der Waals surface area contributed by atoms with Crippen molar-refractivity contribution in [2.75, 3.05) is 19.5 Å². The number of methoxy groups -OCH3 is 2. The number of imidazole rings is 1. The SMILES string of the molecule is COc1cc(/C=C/C(=O)Nc2ccc(-c3cn4ccsc4n3)cc2)cc(OC)c1. The van der Waals surface area contributed by atoms with Crippen LogP contribution in [0.4, 0.5) is 5.69 Å². The number of benzene rings is 2. The van der Waals surface area contributed by atoms with Gasteiger partial charge in [-0.25, -0.2) is 4.98 Å². The molecule has 0 atom stereocenters. The van der Waals surface area contributed by atoms with Crippen LogP contribution in [0.2, 0.25) is 0 Å². The monoisotopic (exact) mass is 405 g/mol. The highest BCUT2D eigenvalue weighted by atomic mass is 32.1. The van der Waals surface area contributed by atoms with Gasteiger partial charge in [-0.05, 0) is 35.9 Å². The topological polar surface area (TPSA) is 64.9 Å². The van der Waals surface area contributed by atoms with Gasteiger partial charge in [0.2, 0.25) is 5.91 Å². The van der Waals surface area contributed by atoms with E-state index >= 15 is 0 Å². The molecule has 29 heavy (non-hydrogen) atoms. The maximum Gasteiger partial charge on any atom is 0.248 e. The third kappa shape index (κ3) is 4.30. The van der Waals surface area contributed by atoms with Gasteiger partial charge in [0.05, 0.1) is 19.9 Å². The number of fused-ring (bicyclic) bond motifs is 1. The molecule has 0 aliphatic carbocycles. The van der Waals surface area contributed by atoms with Crippen LogP contribution in [0.5, 0.6) is 11.5 Å². The summed E-state index contributed by atoms with van der Waals surface area (Å²) in [4.78, 5) is 17.8. The fourth-order valence-electron chi connectivity index (χ4n) is 2.87. The molecule has 0 unspecified atom stereocenters. The van der Waals surface area contributed by atoms with E-state index in [1.165, 1.54) is 6.08 Å². The first kappa shape index (κ1) is 18.8. The van der Waals surface area contributed by atoms with E-state index in [0.29, 0.717) is 17.2 Å². The minimum Gasteiger partial charge on any atom is -0.497 e. The molecular formula is C22H19N3O3S. The molecule has 2 heterocycles. The smallest absolute Gasteiger partial charge is 0.248 e. The van der Waals surface area contributed by atoms with Crippen molar-refractivity contribution in [1.29, 1.82) is 0 Å². The normalized spacial score (nSPS) is 11.1. The Balaban J connectivity index is 1.43. The summed E-state index contributed by atoms with van der Waals surface area (Å²) in [5.74, 6) is 1.11. The maximum atomic E-state index is 12.3. The van der Waals surface area contributed by atoms with E-state index in [9.17, 15) is 4.79 Å². The van der Waals surface area contributed by atoms with E-state index in [0.717, 1.165) is 21.8 Å². The number of carbonyl (C=O) groups excluding carboxylic acids is 1. The number of carbonyl (C=O) groups is 1. The third-order valence-electron chi connectivity index (χ3n) is 4.34. The van der Waals surface area contributed by atoms with Crippen molar-refractivity contribution in [2.45, 2.75) is 0 Å². The van der Waals surface area contributed by atoms with Crippen molar-refractivity contribution < 1.29 is 14.3 Å². The molecule has 0 radical (unpaired) electrons. The molecule has 0 spiro atoms. The highest BCUT2D eigenvalue weighted by Gasteiger charge is 2.06. The van der Waals surface area contributed by atoms with E-state index in [2.05, 4.69) is 10.3 Å². The van der Waals surface area contributed by atoms with Crippen molar-refractivity contribution in [1.82, 2.24) is 9.38 Å². The van der Waals surface area contributed by atoms with Crippen LogP contribution in [0.25, 0.3) is 22.3 Å². The lowest BCUT2D eigenvalue weighted by Gasteiger charge is -2.06. The van der Waals surface area contributed by atoms with Crippen molar-refractivity contribution in [3.05, 3.63) is 71.9 Å². The van der Waals surface area contributed by atoms with Gasteiger partial charge in [0, 0.05) is 41.2 Å². The Morgan fingerprint density at radius 2 is 1.83 bits per heavy atom. The van der Waals surface area contributed by atoms with Crippen LogP contribution in [0.3, 0.4) is 0 Å². The van der Waals surface area contributed by atoms with Gasteiger partial charge in [0.1, 0.15) is 11.5 Å². The molecular weight excluding hydrogens is 386 g/mol. The molecule has 0 aliphatic rings. The molecule has 4 rings (SSSR count). The Kier molecular flexibility index (Phi) is 5.31. The minimum atomic E-state index is -0.220. The number of hydrogen-bond donors (Lipinski definition) is 1. The largest absolute Gasteiger partial charge is 0.497 e. The maximum absolute atomic E-state index is 12.3. The Morgan fingerprint density at radius 3 is 2.48 bits per heavy atom. The predicted octanol–water partition coefficient (Wildman–Crippen LogP) is 4.73. The lowest BCUT2D eigenvalue weighted by Crippen LogP contribution is -2.07. The lowest BCUT2D eigenvalue weighted by atomic mass is 10.1. The molecule has 146 valence electrons. The van der Waals surface area contributed by atoms with E-state index in [-0.39, 0.29) is 5.91 Å². The average Bonchev–Trinajstić information content (AvgIpc) is 3.35. The fourth-order valence-corrected chi connectivity index (χ4v) is 3.57. The summed E-state index contributed by atoms with van der Waals surface area (Å²) in [7, 11) is 3.18. The van der Waals surface area contributed by atoms with Gasteiger partial charge in [-0.3, -0.25) is 9.20 Å². The number of nitrogens with zero attached hydrogens (tertiary/aromatic N) is 2. The number of rotatable bonds is 6. The number of amides is 1. The number of hydrogen-bond acceptors (Lipinski definition) is 5. The quantitative estimate of drug-likeness (QED) is 0.471. The summed E-state index contributed by atoms with van der Waals surface area (Å²) < 4.78 is 12.5. The van der Waals surface area contributed by atoms with Gasteiger partial charge >= 0.3 is 0 Å². The number of thiazole rings is 1. The molecule has 1 amide bonds. The standard InChI is InChI=1S/C22H19N3O3S/c1-27-18-11-15(12-19(13-18)28-2)3-8-21(26)23-17-6-4-16(5-7-17)20-14-25-9-10-29-22(25)24-20/h3-14H,1-2H3,(H,23,26)/b8-3+. The zero-order valence-electron chi connectivity index (χ0n) is 16.0. The van der Waals surface area contributed by atoms with E-state index < -0.39 is 0 Å². The molecule has 7 heteroatoms. The summed E-state index contributed by atoms with van der Waals surface area (Å²) in [6.07, 6.45) is 7.16. The van der Waals surface area contributed by atoms with Gasteiger partial charge in [0.25, 0.3) is 0 Å². The molecule has 0 bridgehead atoms. The number of anilines is 1. The van der Waals surface area contributed by atoms with Crippen LogP contribution >= 0.6 is 11.3 Å². The first-order valence-corrected chi connectivity index (χ1v) is 9.77. The van der Waals surface area contributed by atoms with Crippen LogP contribution in [0.15, 0.2) is 66.3 Å². The fraction of sp³-hybridized carbons (Fsp3) is 0.0909. The van der Waals surface area contributed by atoms with Crippen molar-refractivity contribution in [2.24, 2.45) is 0 Å². The Labute approximate surface area is 172 Å². The number of nitrogens with one attached hydrogen (secondary N) is 1. The Hall–Kier alpha value is -3.58. The van der Waals surface area contributed by atoms with Gasteiger partial charge in [-0.1, -0.05) is 12.1 Å². The molecule has 2 aromatic carbocycles. The summed E-state index contributed by atoms with van der Waals surface area (Å²) in [5, 5.41) is 4.86. The zero-order chi connectivity index (χ0) is 20.2. The number of ether oxygens (including phenoxy) is 2. The predicted molar refractivity (Wildman–Crippen MR) is 116 cm³/mol. The second-order valence-electron chi connectivity index (χ2n) is 6.26. The van der Waals surface area contributed by atoms with Crippen LogP contribution in [-0.2, 0) is 4.79 Å². The van der Waals surface area contributed by atoms with Crippen molar-refractivity contribution in [3.63, 3.8) is 0 Å². The highest BCUT2D eigenvalue weighted by molar-refractivity contribution is 7.15. The molecule has 1 N–H and O–H groups in total. The molecule has 0 fully saturated rings. The Morgan fingerprint density at radius 1 is 1.10 bits per heavy atom. The molecule has 0 aliphatic heterocycles. The summed E-state index contributed by atoms with van der Waals surface area (Å²) in [5.41, 5.74) is 3.43. The summed E-state index contributed by atoms with van der Waals surface area (Å²) in [6.45, 7) is 0. The summed E-state index contributed by atoms with van der Waals surface area (Å²) in [6, 6.07) is 13.1. The van der Waals surface area contributed by atoms with E-state index in [4.69, 9.17) is 9.47 Å². The van der Waals surface area contributed by atoms with Crippen LogP contribution < -0.4 is 14.8 Å².